The molecule has 0 spiro atoms. The molecule has 1 aliphatic rings. The Morgan fingerprint density at radius 1 is 1.29 bits per heavy atom. The summed E-state index contributed by atoms with van der Waals surface area (Å²) in [7, 11) is 1.51. The van der Waals surface area contributed by atoms with E-state index in [0.717, 1.165) is 9.88 Å². The third kappa shape index (κ3) is 5.04. The van der Waals surface area contributed by atoms with E-state index >= 15 is 0 Å². The lowest BCUT2D eigenvalue weighted by Crippen LogP contribution is -2.58. The molecule has 0 aromatic carbocycles. The SMILES string of the molecule is CN/C(C(=O)NC(CO)(CO)CO)=C1/C=C(OCc2cnc(C)s2)C=CC1=N. The Kier molecular flexibility index (Phi) is 7.46. The van der Waals surface area contributed by atoms with Crippen LogP contribution in [0.5, 0.6) is 0 Å². The third-order valence-corrected chi connectivity index (χ3v) is 4.96. The van der Waals surface area contributed by atoms with Crippen LogP contribution < -0.4 is 10.6 Å². The van der Waals surface area contributed by atoms with Crippen LogP contribution in [0.15, 0.2) is 41.5 Å². The highest BCUT2D eigenvalue weighted by atomic mass is 32.1. The normalized spacial score (nSPS) is 15.9. The van der Waals surface area contributed by atoms with Crippen molar-refractivity contribution in [3.8, 4) is 0 Å². The van der Waals surface area contributed by atoms with Gasteiger partial charge in [-0.15, -0.1) is 11.3 Å². The van der Waals surface area contributed by atoms with Gasteiger partial charge in [0.2, 0.25) is 0 Å². The maximum Gasteiger partial charge on any atom is 0.268 e. The van der Waals surface area contributed by atoms with Gasteiger partial charge in [0, 0.05) is 18.8 Å². The van der Waals surface area contributed by atoms with Crippen LogP contribution in [0.2, 0.25) is 0 Å². The number of nitrogens with zero attached hydrogens (tertiary/aromatic N) is 1. The van der Waals surface area contributed by atoms with Crippen molar-refractivity contribution in [2.45, 2.75) is 19.1 Å². The number of hydrogen-bond donors (Lipinski definition) is 6. The molecule has 2 rings (SSSR count). The van der Waals surface area contributed by atoms with Gasteiger partial charge in [0.05, 0.1) is 35.4 Å². The Hall–Kier alpha value is -2.53. The number of allylic oxidation sites excluding steroid dienone is 4. The number of hydrogen-bond acceptors (Lipinski definition) is 9. The predicted octanol–water partition coefficient (Wildman–Crippen LogP) is -0.253. The number of nitrogens with one attached hydrogen (secondary N) is 3. The van der Waals surface area contributed by atoms with Crippen LogP contribution >= 0.6 is 11.3 Å². The minimum atomic E-state index is -1.57. The van der Waals surface area contributed by atoms with Crippen LogP contribution in [-0.2, 0) is 16.1 Å². The summed E-state index contributed by atoms with van der Waals surface area (Å²) in [6.45, 7) is 0.279. The molecule has 6 N–H and O–H groups in total. The molecule has 0 saturated carbocycles. The zero-order valence-electron chi connectivity index (χ0n) is 15.7. The van der Waals surface area contributed by atoms with Crippen molar-refractivity contribution in [1.82, 2.24) is 15.6 Å². The molecule has 1 aliphatic carbocycles. The molecule has 0 aliphatic heterocycles. The highest BCUT2D eigenvalue weighted by molar-refractivity contribution is 7.11. The summed E-state index contributed by atoms with van der Waals surface area (Å²) >= 11 is 1.52. The molecule has 1 aromatic heterocycles. The summed E-state index contributed by atoms with van der Waals surface area (Å²) in [4.78, 5) is 17.7. The van der Waals surface area contributed by atoms with Crippen molar-refractivity contribution in [1.29, 1.82) is 5.41 Å². The highest BCUT2D eigenvalue weighted by Gasteiger charge is 2.32. The maximum absolute atomic E-state index is 12.6. The average molecular weight is 408 g/mol. The summed E-state index contributed by atoms with van der Waals surface area (Å²) in [5.41, 5.74) is -1.16. The Morgan fingerprint density at radius 2 is 1.96 bits per heavy atom. The van der Waals surface area contributed by atoms with Crippen LogP contribution in [0.25, 0.3) is 0 Å². The Bertz CT molecular complexity index is 815. The predicted molar refractivity (Wildman–Crippen MR) is 105 cm³/mol. The fourth-order valence-corrected chi connectivity index (χ4v) is 3.10. The van der Waals surface area contributed by atoms with Gasteiger partial charge >= 0.3 is 0 Å². The second-order valence-electron chi connectivity index (χ2n) is 6.18. The van der Waals surface area contributed by atoms with Crippen LogP contribution in [-0.4, -0.2) is 64.3 Å². The Balaban J connectivity index is 2.24. The third-order valence-electron chi connectivity index (χ3n) is 4.07. The standard InChI is InChI=1S/C18H24N4O5S/c1-11-21-6-13(28-11)7-27-12-3-4-15(19)14(5-12)16(20-2)17(26)22-18(8-23,9-24)10-25/h3-6,19-20,23-25H,7-10H2,1-2H3,(H,22,26)/b16-14-,19-15?. The quantitative estimate of drug-likeness (QED) is 0.309. The minimum Gasteiger partial charge on any atom is -0.488 e. The van der Waals surface area contributed by atoms with Crippen molar-refractivity contribution in [3.63, 3.8) is 0 Å². The number of rotatable bonds is 9. The van der Waals surface area contributed by atoms with E-state index in [2.05, 4.69) is 15.6 Å². The van der Waals surface area contributed by atoms with Gasteiger partial charge in [0.1, 0.15) is 23.6 Å². The number of ether oxygens (including phenoxy) is 1. The number of carbonyl (C=O) groups excluding carboxylic acids is 1. The number of likely N-dealkylation sites (N-methyl/N-ethyl adjacent to an activating group) is 1. The number of aliphatic hydroxyl groups is 3. The molecule has 1 heterocycles. The maximum atomic E-state index is 12.6. The van der Waals surface area contributed by atoms with E-state index in [4.69, 9.17) is 10.1 Å². The van der Waals surface area contributed by atoms with E-state index in [1.807, 2.05) is 6.92 Å². The number of aromatic nitrogens is 1. The zero-order chi connectivity index (χ0) is 20.7. The van der Waals surface area contributed by atoms with Crippen molar-refractivity contribution < 1.29 is 24.9 Å². The van der Waals surface area contributed by atoms with Crippen molar-refractivity contribution in [2.75, 3.05) is 26.9 Å². The van der Waals surface area contributed by atoms with Crippen molar-refractivity contribution >= 4 is 23.0 Å². The van der Waals surface area contributed by atoms with Gasteiger partial charge in [-0.1, -0.05) is 0 Å². The number of aryl methyl sites for hydroxylation is 1. The molecule has 1 aromatic rings. The number of aliphatic hydroxyl groups excluding tert-OH is 3. The van der Waals surface area contributed by atoms with Gasteiger partial charge in [-0.05, 0) is 25.2 Å². The minimum absolute atomic E-state index is 0.0452. The fraction of sp³-hybridized carbons (Fsp3) is 0.389. The van der Waals surface area contributed by atoms with Crippen LogP contribution in [0.4, 0.5) is 0 Å². The number of thiazole rings is 1. The lowest BCUT2D eigenvalue weighted by Gasteiger charge is -2.29. The van der Waals surface area contributed by atoms with E-state index in [9.17, 15) is 20.1 Å². The molecule has 0 bridgehead atoms. The molecular weight excluding hydrogens is 384 g/mol. The van der Waals surface area contributed by atoms with Gasteiger partial charge in [0.15, 0.2) is 0 Å². The van der Waals surface area contributed by atoms with E-state index < -0.39 is 31.3 Å². The van der Waals surface area contributed by atoms with Gasteiger partial charge in [0.25, 0.3) is 5.91 Å². The van der Waals surface area contributed by atoms with E-state index in [1.165, 1.54) is 24.5 Å². The molecule has 152 valence electrons. The second kappa shape index (κ2) is 9.60. The second-order valence-corrected chi connectivity index (χ2v) is 7.49. The number of carbonyl (C=O) groups is 1. The molecule has 0 atom stereocenters. The molecule has 28 heavy (non-hydrogen) atoms. The lowest BCUT2D eigenvalue weighted by molar-refractivity contribution is -0.122. The monoisotopic (exact) mass is 408 g/mol. The smallest absolute Gasteiger partial charge is 0.268 e. The molecule has 10 heteroatoms. The van der Waals surface area contributed by atoms with Gasteiger partial charge in [-0.25, -0.2) is 4.98 Å². The first-order chi connectivity index (χ1) is 13.4. The molecular formula is C18H24N4O5S. The molecule has 9 nitrogen and oxygen atoms in total. The summed E-state index contributed by atoms with van der Waals surface area (Å²) in [5.74, 6) is -0.210. The van der Waals surface area contributed by atoms with Crippen LogP contribution in [0, 0.1) is 12.3 Å². The zero-order valence-corrected chi connectivity index (χ0v) is 16.5. The van der Waals surface area contributed by atoms with Crippen molar-refractivity contribution in [3.05, 3.63) is 51.3 Å². The molecule has 0 unspecified atom stereocenters. The lowest BCUT2D eigenvalue weighted by atomic mass is 9.99. The van der Waals surface area contributed by atoms with Crippen LogP contribution in [0.3, 0.4) is 0 Å². The fourth-order valence-electron chi connectivity index (χ4n) is 2.39. The topological polar surface area (TPSA) is 148 Å². The molecule has 0 fully saturated rings. The first-order valence-electron chi connectivity index (χ1n) is 8.48. The largest absolute Gasteiger partial charge is 0.488 e. The highest BCUT2D eigenvalue weighted by Crippen LogP contribution is 2.20. The summed E-state index contributed by atoms with van der Waals surface area (Å²) < 4.78 is 5.73. The summed E-state index contributed by atoms with van der Waals surface area (Å²) in [5, 5.41) is 42.4. The van der Waals surface area contributed by atoms with Crippen molar-refractivity contribution in [2.24, 2.45) is 0 Å². The van der Waals surface area contributed by atoms with Gasteiger partial charge in [-0.3, -0.25) is 4.79 Å². The molecule has 0 saturated heterocycles. The Labute approximate surface area is 166 Å². The number of amides is 1. The van der Waals surface area contributed by atoms with Gasteiger partial charge < -0.3 is 36.1 Å². The molecule has 0 radical (unpaired) electrons. The summed E-state index contributed by atoms with van der Waals surface area (Å²) in [6.07, 6.45) is 6.42. The first kappa shape index (κ1) is 21.8. The van der Waals surface area contributed by atoms with E-state index in [0.29, 0.717) is 12.4 Å². The van der Waals surface area contributed by atoms with E-state index in [1.54, 1.807) is 18.3 Å². The first-order valence-corrected chi connectivity index (χ1v) is 9.29. The Morgan fingerprint density at radius 3 is 2.50 bits per heavy atom. The van der Waals surface area contributed by atoms with Gasteiger partial charge in [-0.2, -0.15) is 0 Å². The molecule has 1 amide bonds. The average Bonchev–Trinajstić information content (AvgIpc) is 3.12. The van der Waals surface area contributed by atoms with Crippen LogP contribution in [0.1, 0.15) is 9.88 Å². The summed E-state index contributed by atoms with van der Waals surface area (Å²) in [6, 6.07) is 0. The van der Waals surface area contributed by atoms with E-state index in [-0.39, 0.29) is 17.0 Å².